The van der Waals surface area contributed by atoms with Gasteiger partial charge in [-0.3, -0.25) is 9.10 Å². The molecule has 194 valence electrons. The Morgan fingerprint density at radius 3 is 2.24 bits per heavy atom. The average Bonchev–Trinajstić information content (AvgIpc) is 3.26. The van der Waals surface area contributed by atoms with E-state index >= 15 is 0 Å². The Bertz CT molecular complexity index is 1530. The van der Waals surface area contributed by atoms with Crippen molar-refractivity contribution in [2.45, 2.75) is 48.4 Å². The highest BCUT2D eigenvalue weighted by Crippen LogP contribution is 2.36. The van der Waals surface area contributed by atoms with E-state index in [-0.39, 0.29) is 21.4 Å². The summed E-state index contributed by atoms with van der Waals surface area (Å²) in [6.07, 6.45) is 3.36. The van der Waals surface area contributed by atoms with Crippen LogP contribution < -0.4 is 9.62 Å². The monoisotopic (exact) mass is 539 g/mol. The van der Waals surface area contributed by atoms with E-state index in [0.29, 0.717) is 30.9 Å². The molecule has 8 nitrogen and oxygen atoms in total. The van der Waals surface area contributed by atoms with Crippen molar-refractivity contribution in [1.29, 1.82) is 0 Å². The molecule has 1 fully saturated rings. The molecule has 0 spiro atoms. The van der Waals surface area contributed by atoms with Crippen molar-refractivity contribution in [3.8, 4) is 0 Å². The fraction of sp³-hybridized carbons (Fsp3) is 0.296. The maximum atomic E-state index is 13.5. The van der Waals surface area contributed by atoms with Crippen LogP contribution in [0.1, 0.15) is 42.1 Å². The molecule has 1 saturated heterocycles. The number of nitrogens with zero attached hydrogens (tertiary/aromatic N) is 2. The molecule has 2 aliphatic rings. The first-order valence-corrected chi connectivity index (χ1v) is 15.2. The maximum Gasteiger partial charge on any atom is 0.264 e. The first kappa shape index (κ1) is 25.4. The van der Waals surface area contributed by atoms with Gasteiger partial charge in [0.05, 0.1) is 15.5 Å². The van der Waals surface area contributed by atoms with E-state index in [2.05, 4.69) is 5.32 Å². The van der Waals surface area contributed by atoms with Crippen molar-refractivity contribution in [1.82, 2.24) is 4.31 Å². The molecule has 1 unspecified atom stereocenters. The van der Waals surface area contributed by atoms with Crippen LogP contribution >= 0.6 is 0 Å². The van der Waals surface area contributed by atoms with Crippen molar-refractivity contribution < 1.29 is 21.6 Å². The number of piperidine rings is 1. The van der Waals surface area contributed by atoms with Gasteiger partial charge in [0.1, 0.15) is 0 Å². The van der Waals surface area contributed by atoms with E-state index in [0.717, 1.165) is 24.8 Å². The summed E-state index contributed by atoms with van der Waals surface area (Å²) in [4.78, 5) is 13.2. The van der Waals surface area contributed by atoms with Gasteiger partial charge in [-0.15, -0.1) is 0 Å². The minimum absolute atomic E-state index is 0.0340. The van der Waals surface area contributed by atoms with Crippen molar-refractivity contribution in [2.24, 2.45) is 0 Å². The van der Waals surface area contributed by atoms with Crippen LogP contribution in [0.25, 0.3) is 0 Å². The lowest BCUT2D eigenvalue weighted by Gasteiger charge is -2.25. The van der Waals surface area contributed by atoms with Crippen LogP contribution in [-0.4, -0.2) is 46.2 Å². The lowest BCUT2D eigenvalue weighted by molar-refractivity contribution is 0.102. The number of rotatable bonds is 6. The van der Waals surface area contributed by atoms with Crippen molar-refractivity contribution in [2.75, 3.05) is 22.7 Å². The second-order valence-corrected chi connectivity index (χ2v) is 13.2. The number of hydrogen-bond donors (Lipinski definition) is 1. The highest BCUT2D eigenvalue weighted by atomic mass is 32.2. The third-order valence-corrected chi connectivity index (χ3v) is 10.7. The van der Waals surface area contributed by atoms with Crippen LogP contribution in [0.5, 0.6) is 0 Å². The van der Waals surface area contributed by atoms with Crippen LogP contribution in [0.2, 0.25) is 0 Å². The lowest BCUT2D eigenvalue weighted by atomic mass is 10.1. The largest absolute Gasteiger partial charge is 0.322 e. The van der Waals surface area contributed by atoms with Gasteiger partial charge in [0, 0.05) is 30.4 Å². The molecule has 3 aromatic carbocycles. The maximum absolute atomic E-state index is 13.5. The number of nitrogens with one attached hydrogen (secondary N) is 1. The number of amides is 1. The Morgan fingerprint density at radius 2 is 1.51 bits per heavy atom. The first-order valence-electron chi connectivity index (χ1n) is 12.3. The standard InChI is InChI=1S/C27H29N3O5S2/c1-20-18-21-8-3-4-11-26(21)30(20)37(34,35)25-10-7-9-22(19-25)27(31)28-23-12-14-24(15-13-23)36(32,33)29-16-5-2-6-17-29/h3-4,7-15,19-20H,2,5-6,16-18H2,1H3,(H,28,31). The molecule has 1 amide bonds. The molecule has 1 atom stereocenters. The van der Waals surface area contributed by atoms with E-state index in [1.165, 1.54) is 45.0 Å². The predicted octanol–water partition coefficient (Wildman–Crippen LogP) is 4.25. The summed E-state index contributed by atoms with van der Waals surface area (Å²) in [7, 11) is -7.45. The highest BCUT2D eigenvalue weighted by Gasteiger charge is 2.36. The number of para-hydroxylation sites is 1. The zero-order chi connectivity index (χ0) is 26.2. The number of sulfonamides is 2. The molecular formula is C27H29N3O5S2. The van der Waals surface area contributed by atoms with Gasteiger partial charge < -0.3 is 5.32 Å². The Labute approximate surface area is 218 Å². The van der Waals surface area contributed by atoms with Crippen LogP contribution in [0, 0.1) is 0 Å². The SMILES string of the molecule is CC1Cc2ccccc2N1S(=O)(=O)c1cccc(C(=O)Nc2ccc(S(=O)(=O)N3CCCCC3)cc2)c1. The van der Waals surface area contributed by atoms with Crippen LogP contribution in [-0.2, 0) is 26.5 Å². The van der Waals surface area contributed by atoms with Gasteiger partial charge in [-0.05, 0) is 80.3 Å². The minimum atomic E-state index is -3.88. The normalized spacial score (nSPS) is 18.4. The van der Waals surface area contributed by atoms with Crippen molar-refractivity contribution in [3.63, 3.8) is 0 Å². The second kappa shape index (κ2) is 9.92. The quantitative estimate of drug-likeness (QED) is 0.504. The Hall–Kier alpha value is -3.21. The van der Waals surface area contributed by atoms with Gasteiger partial charge in [-0.25, -0.2) is 16.8 Å². The number of anilines is 2. The van der Waals surface area contributed by atoms with E-state index < -0.39 is 26.0 Å². The molecule has 2 heterocycles. The molecule has 0 bridgehead atoms. The third-order valence-electron chi connectivity index (χ3n) is 6.86. The molecule has 3 aromatic rings. The molecule has 0 aliphatic carbocycles. The van der Waals surface area contributed by atoms with Gasteiger partial charge in [0.15, 0.2) is 0 Å². The summed E-state index contributed by atoms with van der Waals surface area (Å²) in [6.45, 7) is 2.90. The topological polar surface area (TPSA) is 104 Å². The molecule has 0 radical (unpaired) electrons. The number of hydrogen-bond acceptors (Lipinski definition) is 5. The highest BCUT2D eigenvalue weighted by molar-refractivity contribution is 7.93. The molecule has 1 N–H and O–H groups in total. The summed E-state index contributed by atoms with van der Waals surface area (Å²) >= 11 is 0. The fourth-order valence-corrected chi connectivity index (χ4v) is 8.24. The molecular weight excluding hydrogens is 510 g/mol. The molecule has 0 aromatic heterocycles. The van der Waals surface area contributed by atoms with E-state index in [1.54, 1.807) is 18.2 Å². The zero-order valence-corrected chi connectivity index (χ0v) is 22.1. The zero-order valence-electron chi connectivity index (χ0n) is 20.5. The fourth-order valence-electron chi connectivity index (χ4n) is 4.98. The Morgan fingerprint density at radius 1 is 0.811 bits per heavy atom. The van der Waals surface area contributed by atoms with E-state index in [4.69, 9.17) is 0 Å². The van der Waals surface area contributed by atoms with E-state index in [1.807, 2.05) is 25.1 Å². The summed E-state index contributed by atoms with van der Waals surface area (Å²) in [5, 5.41) is 2.73. The number of fused-ring (bicyclic) bond motifs is 1. The van der Waals surface area contributed by atoms with Gasteiger partial charge >= 0.3 is 0 Å². The van der Waals surface area contributed by atoms with Gasteiger partial charge in [0.25, 0.3) is 15.9 Å². The molecule has 2 aliphatic heterocycles. The third kappa shape index (κ3) is 4.88. The summed E-state index contributed by atoms with van der Waals surface area (Å²) in [5.74, 6) is -0.487. The molecule has 0 saturated carbocycles. The van der Waals surface area contributed by atoms with Crippen LogP contribution in [0.15, 0.2) is 82.6 Å². The summed E-state index contributed by atoms with van der Waals surface area (Å²) < 4.78 is 55.7. The minimum Gasteiger partial charge on any atom is -0.322 e. The Balaban J connectivity index is 1.34. The van der Waals surface area contributed by atoms with Crippen LogP contribution in [0.3, 0.4) is 0 Å². The first-order chi connectivity index (χ1) is 17.7. The number of benzene rings is 3. The molecule has 10 heteroatoms. The lowest BCUT2D eigenvalue weighted by Crippen LogP contribution is -2.35. The number of carbonyl (C=O) groups excluding carboxylic acids is 1. The Kier molecular flexibility index (Phi) is 6.82. The average molecular weight is 540 g/mol. The van der Waals surface area contributed by atoms with Gasteiger partial charge in [-0.2, -0.15) is 4.31 Å². The van der Waals surface area contributed by atoms with Crippen LogP contribution in [0.4, 0.5) is 11.4 Å². The van der Waals surface area contributed by atoms with Crippen molar-refractivity contribution in [3.05, 3.63) is 83.9 Å². The van der Waals surface area contributed by atoms with E-state index in [9.17, 15) is 21.6 Å². The predicted molar refractivity (Wildman–Crippen MR) is 143 cm³/mol. The summed E-state index contributed by atoms with van der Waals surface area (Å²) in [5.41, 5.74) is 2.23. The number of carbonyl (C=O) groups is 1. The van der Waals surface area contributed by atoms with Crippen molar-refractivity contribution >= 4 is 37.3 Å². The van der Waals surface area contributed by atoms with Gasteiger partial charge in [-0.1, -0.05) is 30.7 Å². The molecule has 5 rings (SSSR count). The second-order valence-electron chi connectivity index (χ2n) is 9.45. The smallest absolute Gasteiger partial charge is 0.264 e. The summed E-state index contributed by atoms with van der Waals surface area (Å²) in [6, 6.07) is 19.2. The van der Waals surface area contributed by atoms with Gasteiger partial charge in [0.2, 0.25) is 10.0 Å². The molecule has 37 heavy (non-hydrogen) atoms.